The topological polar surface area (TPSA) is 17.1 Å². The highest BCUT2D eigenvalue weighted by atomic mass is 79.9. The summed E-state index contributed by atoms with van der Waals surface area (Å²) in [4.78, 5) is 10.2. The summed E-state index contributed by atoms with van der Waals surface area (Å²) < 4.78 is 13.2. The highest BCUT2D eigenvalue weighted by Crippen LogP contribution is 2.24. The van der Waals surface area contributed by atoms with Gasteiger partial charge in [0.1, 0.15) is 5.82 Å². The zero-order valence-corrected chi connectivity index (χ0v) is 7.62. The average Bonchev–Trinajstić information content (AvgIpc) is 1.97. The van der Waals surface area contributed by atoms with E-state index in [4.69, 9.17) is 11.6 Å². The number of carbonyl (C=O) groups excluding carboxylic acids is 1. The van der Waals surface area contributed by atoms with Crippen molar-refractivity contribution in [3.8, 4) is 0 Å². The van der Waals surface area contributed by atoms with E-state index < -0.39 is 5.82 Å². The Morgan fingerprint density at radius 2 is 2.18 bits per heavy atom. The fourth-order valence-electron chi connectivity index (χ4n) is 0.628. The van der Waals surface area contributed by atoms with Gasteiger partial charge >= 0.3 is 0 Å². The van der Waals surface area contributed by atoms with E-state index in [9.17, 15) is 9.18 Å². The number of carbonyl (C=O) groups is 1. The second kappa shape index (κ2) is 3.32. The molecule has 0 aliphatic carbocycles. The molecule has 0 unspecified atom stereocenters. The van der Waals surface area contributed by atoms with Crippen LogP contribution in [0.25, 0.3) is 0 Å². The minimum Gasteiger partial charge on any atom is -0.298 e. The summed E-state index contributed by atoms with van der Waals surface area (Å²) >= 11 is 8.60. The zero-order chi connectivity index (χ0) is 8.43. The van der Waals surface area contributed by atoms with Gasteiger partial charge in [-0.15, -0.1) is 0 Å². The fraction of sp³-hybridized carbons (Fsp3) is 0. The lowest BCUT2D eigenvalue weighted by Gasteiger charge is -1.97. The van der Waals surface area contributed by atoms with Gasteiger partial charge in [-0.05, 0) is 28.1 Å². The predicted molar refractivity (Wildman–Crippen MR) is 44.5 cm³/mol. The Hall–Kier alpha value is -0.410. The van der Waals surface area contributed by atoms with Gasteiger partial charge in [0.05, 0.1) is 10.6 Å². The Morgan fingerprint density at radius 1 is 1.55 bits per heavy atom. The van der Waals surface area contributed by atoms with Crippen molar-refractivity contribution < 1.29 is 9.18 Å². The first-order valence-corrected chi connectivity index (χ1v) is 3.92. The molecule has 0 aromatic heterocycles. The molecule has 0 aliphatic rings. The number of benzene rings is 1. The third-order valence-electron chi connectivity index (χ3n) is 1.17. The maximum atomic E-state index is 12.7. The van der Waals surface area contributed by atoms with Crippen LogP contribution in [0.15, 0.2) is 16.6 Å². The van der Waals surface area contributed by atoms with Crippen LogP contribution in [-0.2, 0) is 0 Å². The monoisotopic (exact) mass is 236 g/mol. The molecule has 0 radical (unpaired) electrons. The minimum atomic E-state index is -0.604. The van der Waals surface area contributed by atoms with Crippen molar-refractivity contribution in [1.29, 1.82) is 0 Å². The Labute approximate surface area is 76.3 Å². The molecular weight excluding hydrogens is 234 g/mol. The molecule has 1 aromatic rings. The molecule has 4 heteroatoms. The first-order chi connectivity index (χ1) is 5.15. The van der Waals surface area contributed by atoms with E-state index in [-0.39, 0.29) is 10.6 Å². The standard InChI is InChI=1S/C7H3BrClFO/c8-5-1-4(3-11)7(10)2-6(5)9/h1-3H. The summed E-state index contributed by atoms with van der Waals surface area (Å²) in [6.07, 6.45) is 0.441. The molecule has 0 N–H and O–H groups in total. The van der Waals surface area contributed by atoms with Gasteiger partial charge in [0.15, 0.2) is 6.29 Å². The van der Waals surface area contributed by atoms with Crippen LogP contribution in [0.3, 0.4) is 0 Å². The molecule has 0 amide bonds. The third kappa shape index (κ3) is 1.79. The van der Waals surface area contributed by atoms with E-state index in [1.807, 2.05) is 0 Å². The van der Waals surface area contributed by atoms with Crippen LogP contribution in [-0.4, -0.2) is 6.29 Å². The molecule has 0 saturated carbocycles. The van der Waals surface area contributed by atoms with Gasteiger partial charge < -0.3 is 0 Å². The predicted octanol–water partition coefficient (Wildman–Crippen LogP) is 3.05. The fourth-order valence-corrected chi connectivity index (χ4v) is 1.14. The summed E-state index contributed by atoms with van der Waals surface area (Å²) in [6.45, 7) is 0. The van der Waals surface area contributed by atoms with Gasteiger partial charge in [0, 0.05) is 4.47 Å². The molecule has 1 rings (SSSR count). The maximum Gasteiger partial charge on any atom is 0.153 e. The van der Waals surface area contributed by atoms with Crippen molar-refractivity contribution in [2.24, 2.45) is 0 Å². The second-order valence-electron chi connectivity index (χ2n) is 1.91. The Morgan fingerprint density at radius 3 is 2.73 bits per heavy atom. The molecule has 1 aromatic carbocycles. The molecule has 0 heterocycles. The highest BCUT2D eigenvalue weighted by molar-refractivity contribution is 9.10. The van der Waals surface area contributed by atoms with E-state index in [2.05, 4.69) is 15.9 Å². The third-order valence-corrected chi connectivity index (χ3v) is 2.36. The normalized spacial score (nSPS) is 9.73. The van der Waals surface area contributed by atoms with Crippen LogP contribution >= 0.6 is 27.5 Å². The van der Waals surface area contributed by atoms with Crippen molar-refractivity contribution in [2.75, 3.05) is 0 Å². The summed E-state index contributed by atoms with van der Waals surface area (Å²) in [5, 5.41) is 0.258. The number of rotatable bonds is 1. The minimum absolute atomic E-state index is 0.00118. The van der Waals surface area contributed by atoms with Crippen molar-refractivity contribution >= 4 is 33.8 Å². The molecule has 0 bridgehead atoms. The lowest BCUT2D eigenvalue weighted by atomic mass is 10.2. The van der Waals surface area contributed by atoms with Gasteiger partial charge in [-0.2, -0.15) is 0 Å². The maximum absolute atomic E-state index is 12.7. The van der Waals surface area contributed by atoms with Gasteiger partial charge in [-0.25, -0.2) is 4.39 Å². The van der Waals surface area contributed by atoms with Gasteiger partial charge in [0.2, 0.25) is 0 Å². The van der Waals surface area contributed by atoms with E-state index in [0.29, 0.717) is 10.8 Å². The Balaban J connectivity index is 3.31. The molecule has 0 fully saturated rings. The van der Waals surface area contributed by atoms with Crippen LogP contribution in [0.4, 0.5) is 4.39 Å². The van der Waals surface area contributed by atoms with Crippen LogP contribution in [0, 0.1) is 5.82 Å². The summed E-state index contributed by atoms with van der Waals surface area (Å²) in [5.41, 5.74) is 0.00118. The molecule has 0 spiro atoms. The molecule has 0 atom stereocenters. The van der Waals surface area contributed by atoms with Crippen molar-refractivity contribution in [2.45, 2.75) is 0 Å². The molecule has 1 nitrogen and oxygen atoms in total. The largest absolute Gasteiger partial charge is 0.298 e. The van der Waals surface area contributed by atoms with Crippen LogP contribution in [0.1, 0.15) is 10.4 Å². The number of halogens is 3. The van der Waals surface area contributed by atoms with Gasteiger partial charge in [0.25, 0.3) is 0 Å². The first-order valence-electron chi connectivity index (χ1n) is 2.75. The van der Waals surface area contributed by atoms with E-state index >= 15 is 0 Å². The molecule has 11 heavy (non-hydrogen) atoms. The molecule has 0 saturated heterocycles. The Bertz CT molecular complexity index is 301. The summed E-state index contributed by atoms with van der Waals surface area (Å²) in [5.74, 6) is -0.604. The molecule has 0 aliphatic heterocycles. The number of aldehydes is 1. The number of hydrogen-bond donors (Lipinski definition) is 0. The van der Waals surface area contributed by atoms with Gasteiger partial charge in [-0.3, -0.25) is 4.79 Å². The highest BCUT2D eigenvalue weighted by Gasteiger charge is 2.04. The van der Waals surface area contributed by atoms with Crippen molar-refractivity contribution in [1.82, 2.24) is 0 Å². The summed E-state index contributed by atoms with van der Waals surface area (Å²) in [7, 11) is 0. The van der Waals surface area contributed by atoms with Crippen LogP contribution in [0.5, 0.6) is 0 Å². The van der Waals surface area contributed by atoms with Crippen LogP contribution in [0.2, 0.25) is 5.02 Å². The number of hydrogen-bond acceptors (Lipinski definition) is 1. The zero-order valence-electron chi connectivity index (χ0n) is 5.27. The first kappa shape index (κ1) is 8.68. The Kier molecular flexibility index (Phi) is 2.62. The van der Waals surface area contributed by atoms with Gasteiger partial charge in [-0.1, -0.05) is 11.6 Å². The van der Waals surface area contributed by atoms with Crippen LogP contribution < -0.4 is 0 Å². The lowest BCUT2D eigenvalue weighted by molar-refractivity contribution is 0.112. The molecule has 58 valence electrons. The molecular formula is C7H3BrClFO. The second-order valence-corrected chi connectivity index (χ2v) is 3.17. The average molecular weight is 237 g/mol. The quantitative estimate of drug-likeness (QED) is 0.542. The lowest BCUT2D eigenvalue weighted by Crippen LogP contribution is -1.87. The van der Waals surface area contributed by atoms with E-state index in [1.165, 1.54) is 6.07 Å². The van der Waals surface area contributed by atoms with E-state index in [0.717, 1.165) is 6.07 Å². The van der Waals surface area contributed by atoms with E-state index in [1.54, 1.807) is 0 Å². The SMILES string of the molecule is O=Cc1cc(Br)c(Cl)cc1F. The van der Waals surface area contributed by atoms with Crippen molar-refractivity contribution in [3.63, 3.8) is 0 Å². The smallest absolute Gasteiger partial charge is 0.153 e. The van der Waals surface area contributed by atoms with Crippen molar-refractivity contribution in [3.05, 3.63) is 33.0 Å². The summed E-state index contributed by atoms with van der Waals surface area (Å²) in [6, 6.07) is 2.43.